The van der Waals surface area contributed by atoms with Crippen LogP contribution in [0.25, 0.3) is 0 Å². The molecule has 0 saturated heterocycles. The molecule has 0 heterocycles. The molecule has 1 rings (SSSR count). The molecule has 1 N–H and O–H groups in total. The Labute approximate surface area is 106 Å². The summed E-state index contributed by atoms with van der Waals surface area (Å²) in [5, 5.41) is 14.1. The van der Waals surface area contributed by atoms with Gasteiger partial charge in [-0.15, -0.1) is 0 Å². The number of nitro groups is 1. The third kappa shape index (κ3) is 3.04. The molecule has 0 aromatic heterocycles. The van der Waals surface area contributed by atoms with Gasteiger partial charge in [0, 0.05) is 23.6 Å². The first-order valence-corrected chi connectivity index (χ1v) is 5.99. The topological polar surface area (TPSA) is 55.2 Å². The molecule has 0 saturated carbocycles. The zero-order valence-electron chi connectivity index (χ0n) is 11.1. The van der Waals surface area contributed by atoms with Crippen LogP contribution in [0.1, 0.15) is 32.3 Å². The quantitative estimate of drug-likeness (QED) is 0.649. The smallest absolute Gasteiger partial charge is 0.273 e. The van der Waals surface area contributed by atoms with Crippen LogP contribution in [0.15, 0.2) is 18.2 Å². The van der Waals surface area contributed by atoms with E-state index in [2.05, 4.69) is 5.32 Å². The highest BCUT2D eigenvalue weighted by Crippen LogP contribution is 2.34. The molecule has 4 nitrogen and oxygen atoms in total. The average molecular weight is 254 g/mol. The SMILES string of the molecule is CNC(C)C(c1cc(F)ccc1[N+](=O)[O-])C(C)C. The number of nitrogens with zero attached hydrogens (tertiary/aromatic N) is 1. The summed E-state index contributed by atoms with van der Waals surface area (Å²) in [5.41, 5.74) is 0.439. The molecule has 0 radical (unpaired) electrons. The van der Waals surface area contributed by atoms with Crippen molar-refractivity contribution in [3.63, 3.8) is 0 Å². The Kier molecular flexibility index (Phi) is 4.78. The summed E-state index contributed by atoms with van der Waals surface area (Å²) in [6.45, 7) is 5.90. The van der Waals surface area contributed by atoms with Crippen molar-refractivity contribution < 1.29 is 9.31 Å². The largest absolute Gasteiger partial charge is 0.317 e. The van der Waals surface area contributed by atoms with Crippen molar-refractivity contribution >= 4 is 5.69 Å². The Bertz CT molecular complexity index is 435. The normalized spacial score (nSPS) is 14.6. The predicted molar refractivity (Wildman–Crippen MR) is 69.2 cm³/mol. The van der Waals surface area contributed by atoms with Gasteiger partial charge in [-0.3, -0.25) is 10.1 Å². The van der Waals surface area contributed by atoms with E-state index in [0.717, 1.165) is 6.07 Å². The minimum atomic E-state index is -0.452. The molecule has 0 amide bonds. The van der Waals surface area contributed by atoms with Crippen molar-refractivity contribution in [2.75, 3.05) is 7.05 Å². The van der Waals surface area contributed by atoms with Crippen molar-refractivity contribution in [1.82, 2.24) is 5.32 Å². The van der Waals surface area contributed by atoms with E-state index in [0.29, 0.717) is 5.56 Å². The Hall–Kier alpha value is -1.49. The highest BCUT2D eigenvalue weighted by Gasteiger charge is 2.28. The first kappa shape index (κ1) is 14.6. The lowest BCUT2D eigenvalue weighted by atomic mass is 9.82. The van der Waals surface area contributed by atoms with E-state index in [4.69, 9.17) is 0 Å². The average Bonchev–Trinajstić information content (AvgIpc) is 2.28. The molecular weight excluding hydrogens is 235 g/mol. The zero-order chi connectivity index (χ0) is 13.9. The third-order valence-electron chi connectivity index (χ3n) is 3.26. The number of nitrogens with one attached hydrogen (secondary N) is 1. The lowest BCUT2D eigenvalue weighted by Crippen LogP contribution is -2.32. The summed E-state index contributed by atoms with van der Waals surface area (Å²) in [4.78, 5) is 10.6. The minimum absolute atomic E-state index is 0.0165. The molecule has 0 aliphatic heterocycles. The molecule has 2 atom stereocenters. The van der Waals surface area contributed by atoms with Crippen LogP contribution in [0.3, 0.4) is 0 Å². The lowest BCUT2D eigenvalue weighted by Gasteiger charge is -2.27. The standard InChI is InChI=1S/C13H19FN2O2/c1-8(2)13(9(3)15-4)11-7-10(14)5-6-12(11)16(17)18/h5-9,13,15H,1-4H3. The zero-order valence-corrected chi connectivity index (χ0v) is 11.1. The van der Waals surface area contributed by atoms with Crippen LogP contribution in [0.5, 0.6) is 0 Å². The van der Waals surface area contributed by atoms with Crippen LogP contribution in [-0.2, 0) is 0 Å². The van der Waals surface area contributed by atoms with Crippen LogP contribution >= 0.6 is 0 Å². The Balaban J connectivity index is 3.34. The number of rotatable bonds is 5. The van der Waals surface area contributed by atoms with Gasteiger partial charge in [0.1, 0.15) is 5.82 Å². The van der Waals surface area contributed by atoms with Gasteiger partial charge in [-0.1, -0.05) is 13.8 Å². The van der Waals surface area contributed by atoms with Gasteiger partial charge in [-0.25, -0.2) is 4.39 Å². The summed E-state index contributed by atoms with van der Waals surface area (Å²) in [5.74, 6) is -0.372. The van der Waals surface area contributed by atoms with Crippen LogP contribution in [0.2, 0.25) is 0 Å². The fraction of sp³-hybridized carbons (Fsp3) is 0.538. The third-order valence-corrected chi connectivity index (χ3v) is 3.26. The molecule has 0 aliphatic carbocycles. The van der Waals surface area contributed by atoms with E-state index in [1.807, 2.05) is 20.8 Å². The van der Waals surface area contributed by atoms with Gasteiger partial charge in [-0.2, -0.15) is 0 Å². The van der Waals surface area contributed by atoms with Crippen molar-refractivity contribution in [1.29, 1.82) is 0 Å². The molecule has 2 unspecified atom stereocenters. The van der Waals surface area contributed by atoms with E-state index in [-0.39, 0.29) is 23.6 Å². The summed E-state index contributed by atoms with van der Waals surface area (Å²) in [6.07, 6.45) is 0. The summed E-state index contributed by atoms with van der Waals surface area (Å²) in [6, 6.07) is 3.67. The van der Waals surface area contributed by atoms with Crippen molar-refractivity contribution in [3.05, 3.63) is 39.7 Å². The summed E-state index contributed by atoms with van der Waals surface area (Å²) >= 11 is 0. The second-order valence-corrected chi connectivity index (χ2v) is 4.81. The summed E-state index contributed by atoms with van der Waals surface area (Å²) in [7, 11) is 1.80. The van der Waals surface area contributed by atoms with E-state index in [1.54, 1.807) is 7.05 Å². The molecule has 0 aliphatic rings. The molecule has 100 valence electrons. The number of halogens is 1. The van der Waals surface area contributed by atoms with Crippen LogP contribution in [0.4, 0.5) is 10.1 Å². The maximum Gasteiger partial charge on any atom is 0.273 e. The monoisotopic (exact) mass is 254 g/mol. The Morgan fingerprint density at radius 1 is 1.33 bits per heavy atom. The van der Waals surface area contributed by atoms with Gasteiger partial charge >= 0.3 is 0 Å². The predicted octanol–water partition coefficient (Wildman–Crippen LogP) is 3.08. The molecular formula is C13H19FN2O2. The van der Waals surface area contributed by atoms with Gasteiger partial charge in [0.15, 0.2) is 0 Å². The molecule has 0 fully saturated rings. The molecule has 18 heavy (non-hydrogen) atoms. The van der Waals surface area contributed by atoms with Gasteiger partial charge in [0.2, 0.25) is 0 Å². The number of hydrogen-bond donors (Lipinski definition) is 1. The van der Waals surface area contributed by atoms with Crippen LogP contribution in [-0.4, -0.2) is 18.0 Å². The molecule has 5 heteroatoms. The highest BCUT2D eigenvalue weighted by atomic mass is 19.1. The van der Waals surface area contributed by atoms with Gasteiger partial charge < -0.3 is 5.32 Å². The van der Waals surface area contributed by atoms with Crippen LogP contribution in [0, 0.1) is 21.8 Å². The van der Waals surface area contributed by atoms with Crippen LogP contribution < -0.4 is 5.32 Å². The minimum Gasteiger partial charge on any atom is -0.317 e. The first-order valence-electron chi connectivity index (χ1n) is 5.99. The lowest BCUT2D eigenvalue weighted by molar-refractivity contribution is -0.385. The van der Waals surface area contributed by atoms with Gasteiger partial charge in [0.25, 0.3) is 5.69 Å². The van der Waals surface area contributed by atoms with Crippen molar-refractivity contribution in [3.8, 4) is 0 Å². The second kappa shape index (κ2) is 5.91. The van der Waals surface area contributed by atoms with Crippen molar-refractivity contribution in [2.24, 2.45) is 5.92 Å². The van der Waals surface area contributed by atoms with E-state index in [9.17, 15) is 14.5 Å². The fourth-order valence-corrected chi connectivity index (χ4v) is 2.34. The Morgan fingerprint density at radius 2 is 1.94 bits per heavy atom. The van der Waals surface area contributed by atoms with E-state index >= 15 is 0 Å². The van der Waals surface area contributed by atoms with E-state index in [1.165, 1.54) is 12.1 Å². The van der Waals surface area contributed by atoms with Gasteiger partial charge in [0.05, 0.1) is 4.92 Å². The summed E-state index contributed by atoms with van der Waals surface area (Å²) < 4.78 is 13.4. The van der Waals surface area contributed by atoms with E-state index < -0.39 is 10.7 Å². The number of hydrogen-bond acceptors (Lipinski definition) is 3. The van der Waals surface area contributed by atoms with Crippen molar-refractivity contribution in [2.45, 2.75) is 32.7 Å². The Morgan fingerprint density at radius 3 is 2.39 bits per heavy atom. The number of nitro benzene ring substituents is 1. The number of likely N-dealkylation sites (N-methyl/N-ethyl adjacent to an activating group) is 1. The maximum absolute atomic E-state index is 13.4. The molecule has 0 spiro atoms. The van der Waals surface area contributed by atoms with Gasteiger partial charge in [-0.05, 0) is 32.0 Å². The molecule has 0 bridgehead atoms. The fourth-order valence-electron chi connectivity index (χ4n) is 2.34. The number of benzene rings is 1. The maximum atomic E-state index is 13.4. The second-order valence-electron chi connectivity index (χ2n) is 4.81. The highest BCUT2D eigenvalue weighted by molar-refractivity contribution is 5.43. The first-order chi connectivity index (χ1) is 8.38. The molecule has 1 aromatic rings. The molecule has 1 aromatic carbocycles.